The maximum absolute atomic E-state index is 12.9. The zero-order chi connectivity index (χ0) is 22.0. The predicted molar refractivity (Wildman–Crippen MR) is 127 cm³/mol. The van der Waals surface area contributed by atoms with Gasteiger partial charge < -0.3 is 4.74 Å². The second kappa shape index (κ2) is 8.99. The van der Waals surface area contributed by atoms with E-state index < -0.39 is 10.0 Å². The number of hydrogen-bond donors (Lipinski definition) is 1. The number of hydrogen-bond acceptors (Lipinski definition) is 6. The van der Waals surface area contributed by atoms with Gasteiger partial charge in [0.15, 0.2) is 5.82 Å². The van der Waals surface area contributed by atoms with E-state index in [0.29, 0.717) is 27.8 Å². The summed E-state index contributed by atoms with van der Waals surface area (Å²) in [6, 6.07) is 15.8. The van der Waals surface area contributed by atoms with Gasteiger partial charge in [-0.05, 0) is 47.3 Å². The first-order valence-electron chi connectivity index (χ1n) is 8.94. The standard InChI is InChI=1S/C20H16BrClN4O3S2/c1-29-17-9-6-14(21)11-16(17)26-19(18-3-2-10-30-18)23-24-20(26)25-31(27,28)12-13-4-7-15(22)8-5-13/h2-11H,12H2,1H3,(H,24,25). The van der Waals surface area contributed by atoms with Crippen LogP contribution in [0.25, 0.3) is 16.4 Å². The SMILES string of the molecule is COc1ccc(Br)cc1-n1c(NS(=O)(=O)Cc2ccc(Cl)cc2)nnc1-c1cccs1. The Morgan fingerprint density at radius 1 is 1.16 bits per heavy atom. The molecule has 4 aromatic rings. The normalized spacial score (nSPS) is 11.5. The highest BCUT2D eigenvalue weighted by molar-refractivity contribution is 9.10. The van der Waals surface area contributed by atoms with Crippen molar-refractivity contribution < 1.29 is 13.2 Å². The largest absolute Gasteiger partial charge is 0.495 e. The number of rotatable bonds is 7. The van der Waals surface area contributed by atoms with Gasteiger partial charge in [0, 0.05) is 9.50 Å². The number of thiophene rings is 1. The Hall–Kier alpha value is -2.40. The number of aromatic nitrogens is 3. The summed E-state index contributed by atoms with van der Waals surface area (Å²) in [5, 5.41) is 10.8. The summed E-state index contributed by atoms with van der Waals surface area (Å²) >= 11 is 10.8. The molecular weight excluding hydrogens is 524 g/mol. The van der Waals surface area contributed by atoms with E-state index in [2.05, 4.69) is 30.8 Å². The summed E-state index contributed by atoms with van der Waals surface area (Å²) in [4.78, 5) is 0.831. The molecule has 0 aliphatic carbocycles. The highest BCUT2D eigenvalue weighted by Gasteiger charge is 2.23. The van der Waals surface area contributed by atoms with Crippen molar-refractivity contribution in [1.82, 2.24) is 14.8 Å². The molecule has 4 rings (SSSR count). The van der Waals surface area contributed by atoms with Crippen molar-refractivity contribution >= 4 is 54.8 Å². The molecule has 0 unspecified atom stereocenters. The van der Waals surface area contributed by atoms with Gasteiger partial charge in [-0.1, -0.05) is 45.7 Å². The van der Waals surface area contributed by atoms with E-state index in [1.807, 2.05) is 29.6 Å². The Labute approximate surface area is 196 Å². The first kappa shape index (κ1) is 21.8. The number of nitrogens with one attached hydrogen (secondary N) is 1. The average molecular weight is 540 g/mol. The highest BCUT2D eigenvalue weighted by Crippen LogP contribution is 2.34. The minimum atomic E-state index is -3.78. The summed E-state index contributed by atoms with van der Waals surface area (Å²) in [5.74, 6) is 0.865. The van der Waals surface area contributed by atoms with Crippen molar-refractivity contribution in [3.05, 3.63) is 75.0 Å². The zero-order valence-electron chi connectivity index (χ0n) is 16.1. The van der Waals surface area contributed by atoms with Gasteiger partial charge in [0.25, 0.3) is 0 Å². The summed E-state index contributed by atoms with van der Waals surface area (Å²) in [7, 11) is -2.23. The molecule has 31 heavy (non-hydrogen) atoms. The van der Waals surface area contributed by atoms with Gasteiger partial charge in [-0.3, -0.25) is 9.29 Å². The Bertz CT molecular complexity index is 1310. The second-order valence-electron chi connectivity index (χ2n) is 6.46. The molecule has 0 spiro atoms. The highest BCUT2D eigenvalue weighted by atomic mass is 79.9. The minimum absolute atomic E-state index is 0.0637. The molecule has 2 aromatic heterocycles. The number of ether oxygens (including phenoxy) is 1. The van der Waals surface area contributed by atoms with Crippen molar-refractivity contribution in [1.29, 1.82) is 0 Å². The molecule has 0 radical (unpaired) electrons. The van der Waals surface area contributed by atoms with Crippen LogP contribution in [0.4, 0.5) is 5.95 Å². The van der Waals surface area contributed by atoms with Gasteiger partial charge >= 0.3 is 0 Å². The van der Waals surface area contributed by atoms with Crippen LogP contribution in [0.3, 0.4) is 0 Å². The summed E-state index contributed by atoms with van der Waals surface area (Å²) in [6.07, 6.45) is 0. The number of methoxy groups -OCH3 is 1. The van der Waals surface area contributed by atoms with Crippen molar-refractivity contribution in [2.75, 3.05) is 11.8 Å². The third kappa shape index (κ3) is 4.93. The molecule has 0 aliphatic rings. The molecule has 0 saturated carbocycles. The molecule has 2 aromatic carbocycles. The molecular formula is C20H16BrClN4O3S2. The van der Waals surface area contributed by atoms with Gasteiger partial charge in [-0.2, -0.15) is 0 Å². The molecule has 160 valence electrons. The lowest BCUT2D eigenvalue weighted by molar-refractivity contribution is 0.413. The third-order valence-corrected chi connectivity index (χ3v) is 7.12. The van der Waals surface area contributed by atoms with Crippen LogP contribution in [0.1, 0.15) is 5.56 Å². The molecule has 0 atom stereocenters. The van der Waals surface area contributed by atoms with E-state index in [0.717, 1.165) is 9.35 Å². The van der Waals surface area contributed by atoms with Crippen LogP contribution in [0.2, 0.25) is 5.02 Å². The predicted octanol–water partition coefficient (Wildman–Crippen LogP) is 5.36. The smallest absolute Gasteiger partial charge is 0.243 e. The molecule has 0 fully saturated rings. The molecule has 0 amide bonds. The Kier molecular flexibility index (Phi) is 6.33. The van der Waals surface area contributed by atoms with Crippen LogP contribution in [0, 0.1) is 0 Å². The van der Waals surface area contributed by atoms with E-state index in [1.165, 1.54) is 11.3 Å². The van der Waals surface area contributed by atoms with Crippen LogP contribution < -0.4 is 9.46 Å². The Balaban J connectivity index is 1.78. The zero-order valence-corrected chi connectivity index (χ0v) is 20.1. The van der Waals surface area contributed by atoms with Crippen molar-refractivity contribution in [2.45, 2.75) is 5.75 Å². The fraction of sp³-hybridized carbons (Fsp3) is 0.100. The first-order valence-corrected chi connectivity index (χ1v) is 12.6. The van der Waals surface area contributed by atoms with E-state index in [9.17, 15) is 8.42 Å². The van der Waals surface area contributed by atoms with Crippen LogP contribution in [-0.2, 0) is 15.8 Å². The lowest BCUT2D eigenvalue weighted by Gasteiger charge is -2.15. The average Bonchev–Trinajstić information content (AvgIpc) is 3.39. The van der Waals surface area contributed by atoms with Crippen molar-refractivity contribution in [3.8, 4) is 22.1 Å². The second-order valence-corrected chi connectivity index (χ2v) is 10.5. The van der Waals surface area contributed by atoms with Crippen molar-refractivity contribution in [3.63, 3.8) is 0 Å². The number of benzene rings is 2. The van der Waals surface area contributed by atoms with E-state index in [4.69, 9.17) is 16.3 Å². The topological polar surface area (TPSA) is 86.1 Å². The van der Waals surface area contributed by atoms with Crippen LogP contribution >= 0.6 is 38.9 Å². The minimum Gasteiger partial charge on any atom is -0.495 e. The summed E-state index contributed by atoms with van der Waals surface area (Å²) in [6.45, 7) is 0. The molecule has 7 nitrogen and oxygen atoms in total. The Morgan fingerprint density at radius 3 is 2.61 bits per heavy atom. The monoisotopic (exact) mass is 538 g/mol. The molecule has 11 heteroatoms. The van der Waals surface area contributed by atoms with Gasteiger partial charge in [-0.15, -0.1) is 21.5 Å². The molecule has 0 bridgehead atoms. The maximum atomic E-state index is 12.9. The lowest BCUT2D eigenvalue weighted by Crippen LogP contribution is -2.18. The van der Waals surface area contributed by atoms with Gasteiger partial charge in [-0.25, -0.2) is 8.42 Å². The van der Waals surface area contributed by atoms with Crippen LogP contribution in [0.5, 0.6) is 5.75 Å². The summed E-state index contributed by atoms with van der Waals surface area (Å²) in [5.41, 5.74) is 1.19. The first-order chi connectivity index (χ1) is 14.9. The van der Waals surface area contributed by atoms with Crippen LogP contribution in [0.15, 0.2) is 64.5 Å². The lowest BCUT2D eigenvalue weighted by atomic mass is 10.2. The van der Waals surface area contributed by atoms with Gasteiger partial charge in [0.05, 0.1) is 23.4 Å². The summed E-state index contributed by atoms with van der Waals surface area (Å²) < 4.78 is 36.3. The maximum Gasteiger partial charge on any atom is 0.243 e. The molecule has 0 saturated heterocycles. The molecule has 0 aliphatic heterocycles. The fourth-order valence-electron chi connectivity index (χ4n) is 2.96. The number of nitrogens with zero attached hydrogens (tertiary/aromatic N) is 3. The fourth-order valence-corrected chi connectivity index (χ4v) is 5.24. The third-order valence-electron chi connectivity index (χ3n) is 4.30. The number of sulfonamides is 1. The molecule has 2 heterocycles. The quantitative estimate of drug-likeness (QED) is 0.342. The Morgan fingerprint density at radius 2 is 1.94 bits per heavy atom. The van der Waals surface area contributed by atoms with Crippen LogP contribution in [-0.4, -0.2) is 30.3 Å². The van der Waals surface area contributed by atoms with E-state index in [1.54, 1.807) is 42.0 Å². The van der Waals surface area contributed by atoms with E-state index in [-0.39, 0.29) is 11.7 Å². The van der Waals surface area contributed by atoms with Crippen molar-refractivity contribution in [2.24, 2.45) is 0 Å². The van der Waals surface area contributed by atoms with E-state index >= 15 is 0 Å². The number of anilines is 1. The van der Waals surface area contributed by atoms with Gasteiger partial charge in [0.1, 0.15) is 5.75 Å². The van der Waals surface area contributed by atoms with Gasteiger partial charge in [0.2, 0.25) is 16.0 Å². The number of halogens is 2. The molecule has 1 N–H and O–H groups in total.